The van der Waals surface area contributed by atoms with Gasteiger partial charge in [0.1, 0.15) is 11.9 Å². The number of nitrogens with one attached hydrogen (secondary N) is 1. The van der Waals surface area contributed by atoms with Crippen molar-refractivity contribution in [3.05, 3.63) is 29.1 Å². The first-order valence-electron chi connectivity index (χ1n) is 5.87. The van der Waals surface area contributed by atoms with E-state index in [0.717, 1.165) is 24.1 Å². The molecule has 92 valence electrons. The molecular weight excluding hydrogens is 219 g/mol. The molecule has 1 aromatic carbocycles. The zero-order chi connectivity index (χ0) is 12.6. The maximum atomic E-state index is 13.8. The highest BCUT2D eigenvalue weighted by molar-refractivity contribution is 6.04. The summed E-state index contributed by atoms with van der Waals surface area (Å²) in [7, 11) is 1.62. The van der Waals surface area contributed by atoms with Crippen LogP contribution in [-0.2, 0) is 4.79 Å². The van der Waals surface area contributed by atoms with E-state index in [9.17, 15) is 9.18 Å². The molecule has 1 N–H and O–H groups in total. The molecule has 1 aromatic rings. The predicted octanol–water partition coefficient (Wildman–Crippen LogP) is 2.15. The monoisotopic (exact) mass is 236 g/mol. The van der Waals surface area contributed by atoms with Gasteiger partial charge in [0.25, 0.3) is 0 Å². The number of amides is 1. The number of aryl methyl sites for hydroxylation is 1. The normalized spacial score (nSPS) is 18.7. The van der Waals surface area contributed by atoms with Crippen LogP contribution in [0.25, 0.3) is 0 Å². The van der Waals surface area contributed by atoms with Gasteiger partial charge in [-0.25, -0.2) is 4.39 Å². The van der Waals surface area contributed by atoms with E-state index >= 15 is 0 Å². The van der Waals surface area contributed by atoms with Crippen LogP contribution in [0.4, 0.5) is 10.1 Å². The summed E-state index contributed by atoms with van der Waals surface area (Å²) in [6, 6.07) is 2.95. The third kappa shape index (κ3) is 1.93. The van der Waals surface area contributed by atoms with E-state index in [1.54, 1.807) is 7.05 Å². The lowest BCUT2D eigenvalue weighted by atomic mass is 10.0. The molecule has 1 aliphatic heterocycles. The van der Waals surface area contributed by atoms with E-state index in [-0.39, 0.29) is 11.7 Å². The number of hydrogen-bond donors (Lipinski definition) is 1. The number of carbonyl (C=O) groups is 1. The highest BCUT2D eigenvalue weighted by Gasteiger charge is 2.36. The van der Waals surface area contributed by atoms with E-state index in [4.69, 9.17) is 0 Å². The molecule has 0 aromatic heterocycles. The molecule has 0 bridgehead atoms. The fourth-order valence-corrected chi connectivity index (χ4v) is 2.26. The molecule has 0 radical (unpaired) electrons. The summed E-state index contributed by atoms with van der Waals surface area (Å²) in [6.07, 6.45) is 0.942. The van der Waals surface area contributed by atoms with Crippen LogP contribution in [-0.4, -0.2) is 19.5 Å². The molecule has 4 heteroatoms. The molecule has 1 heterocycles. The molecule has 1 unspecified atom stereocenters. The zero-order valence-corrected chi connectivity index (χ0v) is 10.4. The minimum Gasteiger partial charge on any atom is -0.311 e. The van der Waals surface area contributed by atoms with E-state index < -0.39 is 6.04 Å². The Kier molecular flexibility index (Phi) is 3.15. The Hall–Kier alpha value is -1.42. The number of nitrogens with zero attached hydrogens (tertiary/aromatic N) is 1. The van der Waals surface area contributed by atoms with Crippen LogP contribution in [0.1, 0.15) is 30.5 Å². The molecule has 0 saturated carbocycles. The summed E-state index contributed by atoms with van der Waals surface area (Å²) in [6.45, 7) is 4.62. The van der Waals surface area contributed by atoms with Gasteiger partial charge < -0.3 is 10.2 Å². The number of anilines is 1. The number of rotatable bonds is 3. The van der Waals surface area contributed by atoms with Gasteiger partial charge in [-0.3, -0.25) is 4.79 Å². The minimum absolute atomic E-state index is 0.0852. The number of hydrogen-bond acceptors (Lipinski definition) is 2. The Morgan fingerprint density at radius 1 is 1.47 bits per heavy atom. The van der Waals surface area contributed by atoms with Crippen molar-refractivity contribution < 1.29 is 9.18 Å². The predicted molar refractivity (Wildman–Crippen MR) is 65.6 cm³/mol. The Morgan fingerprint density at radius 3 is 2.82 bits per heavy atom. The van der Waals surface area contributed by atoms with E-state index in [0.29, 0.717) is 5.69 Å². The number of halogens is 1. The van der Waals surface area contributed by atoms with Crippen LogP contribution in [0.5, 0.6) is 0 Å². The lowest BCUT2D eigenvalue weighted by Crippen LogP contribution is -2.32. The fourth-order valence-electron chi connectivity index (χ4n) is 2.26. The van der Waals surface area contributed by atoms with Gasteiger partial charge in [0, 0.05) is 12.6 Å². The van der Waals surface area contributed by atoms with E-state index in [1.165, 1.54) is 11.0 Å². The Labute approximate surface area is 101 Å². The molecule has 1 aliphatic rings. The third-order valence-electron chi connectivity index (χ3n) is 3.06. The molecule has 17 heavy (non-hydrogen) atoms. The molecule has 3 nitrogen and oxygen atoms in total. The minimum atomic E-state index is -0.399. The van der Waals surface area contributed by atoms with Crippen molar-refractivity contribution >= 4 is 11.6 Å². The molecule has 1 atom stereocenters. The van der Waals surface area contributed by atoms with Crippen LogP contribution >= 0.6 is 0 Å². The van der Waals surface area contributed by atoms with Crippen LogP contribution in [0, 0.1) is 12.7 Å². The first-order valence-corrected chi connectivity index (χ1v) is 5.87. The number of carbonyl (C=O) groups excluding carboxylic acids is 1. The van der Waals surface area contributed by atoms with Gasteiger partial charge in [-0.1, -0.05) is 13.0 Å². The highest BCUT2D eigenvalue weighted by atomic mass is 19.1. The third-order valence-corrected chi connectivity index (χ3v) is 3.06. The quantitative estimate of drug-likeness (QED) is 0.872. The molecule has 0 fully saturated rings. The van der Waals surface area contributed by atoms with Crippen molar-refractivity contribution in [3.63, 3.8) is 0 Å². The van der Waals surface area contributed by atoms with Crippen molar-refractivity contribution in [1.82, 2.24) is 5.32 Å². The average Bonchev–Trinajstić information content (AvgIpc) is 2.49. The van der Waals surface area contributed by atoms with Gasteiger partial charge in [0.2, 0.25) is 5.91 Å². The Morgan fingerprint density at radius 2 is 2.18 bits per heavy atom. The largest absolute Gasteiger partial charge is 0.311 e. The lowest BCUT2D eigenvalue weighted by Gasteiger charge is -2.12. The van der Waals surface area contributed by atoms with Crippen molar-refractivity contribution in [2.45, 2.75) is 26.3 Å². The molecule has 0 aliphatic carbocycles. The molecule has 2 rings (SSSR count). The number of fused-ring (bicyclic) bond motifs is 1. The Bertz CT molecular complexity index is 459. The maximum Gasteiger partial charge on any atom is 0.248 e. The summed E-state index contributed by atoms with van der Waals surface area (Å²) in [5.41, 5.74) is 2.00. The molecule has 0 saturated heterocycles. The van der Waals surface area contributed by atoms with E-state index in [2.05, 4.69) is 5.32 Å². The second-order valence-electron chi connectivity index (χ2n) is 4.47. The Balaban J connectivity index is 2.44. The fraction of sp³-hybridized carbons (Fsp3) is 0.462. The molecular formula is C13H17FN2O. The first kappa shape index (κ1) is 12.0. The van der Waals surface area contributed by atoms with Gasteiger partial charge in [0.15, 0.2) is 0 Å². The van der Waals surface area contributed by atoms with Crippen molar-refractivity contribution in [2.75, 3.05) is 18.5 Å². The second-order valence-corrected chi connectivity index (χ2v) is 4.47. The lowest BCUT2D eigenvalue weighted by molar-refractivity contribution is -0.119. The van der Waals surface area contributed by atoms with Crippen LogP contribution in [0.3, 0.4) is 0 Å². The van der Waals surface area contributed by atoms with Gasteiger partial charge >= 0.3 is 0 Å². The summed E-state index contributed by atoms with van der Waals surface area (Å²) >= 11 is 0. The van der Waals surface area contributed by atoms with Crippen LogP contribution in [0.2, 0.25) is 0 Å². The summed E-state index contributed by atoms with van der Waals surface area (Å²) in [5.74, 6) is -0.408. The SMILES string of the molecule is CCCNC1C(=O)N(C)c2c(F)cc(C)cc21. The van der Waals surface area contributed by atoms with Gasteiger partial charge in [0.05, 0.1) is 5.69 Å². The maximum absolute atomic E-state index is 13.8. The number of benzene rings is 1. The standard InChI is InChI=1S/C13H17FN2O/c1-4-5-15-11-9-6-8(2)7-10(14)12(9)16(3)13(11)17/h6-7,11,15H,4-5H2,1-3H3. The summed E-state index contributed by atoms with van der Waals surface area (Å²) in [4.78, 5) is 13.4. The van der Waals surface area contributed by atoms with Crippen LogP contribution < -0.4 is 10.2 Å². The van der Waals surface area contributed by atoms with Gasteiger partial charge in [-0.15, -0.1) is 0 Å². The smallest absolute Gasteiger partial charge is 0.248 e. The van der Waals surface area contributed by atoms with Crippen molar-refractivity contribution in [3.8, 4) is 0 Å². The zero-order valence-electron chi connectivity index (χ0n) is 10.4. The molecule has 0 spiro atoms. The highest BCUT2D eigenvalue weighted by Crippen LogP contribution is 2.37. The van der Waals surface area contributed by atoms with Crippen molar-refractivity contribution in [1.29, 1.82) is 0 Å². The van der Waals surface area contributed by atoms with Gasteiger partial charge in [-0.05, 0) is 31.5 Å². The van der Waals surface area contributed by atoms with Crippen molar-refractivity contribution in [2.24, 2.45) is 0 Å². The van der Waals surface area contributed by atoms with Gasteiger partial charge in [-0.2, -0.15) is 0 Å². The average molecular weight is 236 g/mol. The van der Waals surface area contributed by atoms with E-state index in [1.807, 2.05) is 19.9 Å². The first-order chi connectivity index (χ1) is 8.06. The number of likely N-dealkylation sites (N-methyl/N-ethyl adjacent to an activating group) is 1. The second kappa shape index (κ2) is 4.45. The summed E-state index contributed by atoms with van der Waals surface area (Å²) < 4.78 is 13.8. The molecule has 1 amide bonds. The topological polar surface area (TPSA) is 32.3 Å². The summed E-state index contributed by atoms with van der Waals surface area (Å²) in [5, 5.41) is 3.16. The van der Waals surface area contributed by atoms with Crippen LogP contribution in [0.15, 0.2) is 12.1 Å².